The fourth-order valence-corrected chi connectivity index (χ4v) is 2.92. The number of halogens is 8. The third-order valence-corrected chi connectivity index (χ3v) is 3.62. The molecule has 0 radical (unpaired) electrons. The quantitative estimate of drug-likeness (QED) is 0.515. The summed E-state index contributed by atoms with van der Waals surface area (Å²) in [5, 5.41) is 0.162. The van der Waals surface area contributed by atoms with Crippen LogP contribution in [-0.2, 0) is 6.18 Å². The molecule has 0 saturated carbocycles. The van der Waals surface area contributed by atoms with Gasteiger partial charge in [0.2, 0.25) is 0 Å². The Bertz CT molecular complexity index is 708. The predicted octanol–water partition coefficient (Wildman–Crippen LogP) is 6.93. The molecule has 0 heterocycles. The van der Waals surface area contributed by atoms with Gasteiger partial charge in [-0.15, -0.1) is 0 Å². The first-order valence-corrected chi connectivity index (χ1v) is 7.04. The summed E-state index contributed by atoms with van der Waals surface area (Å²) in [6.45, 7) is -3.32. The average Bonchev–Trinajstić information content (AvgIpc) is 2.37. The van der Waals surface area contributed by atoms with E-state index in [1.807, 2.05) is 0 Å². The highest BCUT2D eigenvalue weighted by molar-refractivity contribution is 6.41. The lowest BCUT2D eigenvalue weighted by Crippen LogP contribution is -2.08. The van der Waals surface area contributed by atoms with Crippen molar-refractivity contribution in [2.45, 2.75) is 12.8 Å². The van der Waals surface area contributed by atoms with Crippen LogP contribution in [0.5, 0.6) is 5.75 Å². The van der Waals surface area contributed by atoms with Crippen LogP contribution in [0.15, 0.2) is 30.3 Å². The van der Waals surface area contributed by atoms with E-state index in [4.69, 9.17) is 34.8 Å². The molecule has 0 saturated heterocycles. The third-order valence-electron chi connectivity index (χ3n) is 2.80. The molecule has 0 bridgehead atoms. The maximum absolute atomic E-state index is 12.7. The van der Waals surface area contributed by atoms with Crippen molar-refractivity contribution in [3.05, 3.63) is 51.0 Å². The molecule has 124 valence electrons. The molecule has 0 unspecified atom stereocenters. The van der Waals surface area contributed by atoms with E-state index < -0.39 is 24.1 Å². The van der Waals surface area contributed by atoms with Gasteiger partial charge in [0.1, 0.15) is 5.75 Å². The zero-order chi connectivity index (χ0) is 17.4. The van der Waals surface area contributed by atoms with Crippen molar-refractivity contribution in [3.8, 4) is 16.9 Å². The first-order valence-electron chi connectivity index (χ1n) is 5.90. The fraction of sp³-hybridized carbons (Fsp3) is 0.143. The van der Waals surface area contributed by atoms with Crippen LogP contribution in [0.1, 0.15) is 5.56 Å². The Kier molecular flexibility index (Phi) is 5.28. The average molecular weight is 392 g/mol. The van der Waals surface area contributed by atoms with Crippen LogP contribution >= 0.6 is 34.8 Å². The Morgan fingerprint density at radius 3 is 1.96 bits per heavy atom. The van der Waals surface area contributed by atoms with Gasteiger partial charge in [0.15, 0.2) is 0 Å². The van der Waals surface area contributed by atoms with Gasteiger partial charge in [-0.25, -0.2) is 0 Å². The van der Waals surface area contributed by atoms with Gasteiger partial charge in [-0.2, -0.15) is 22.0 Å². The molecule has 1 nitrogen and oxygen atoms in total. The van der Waals surface area contributed by atoms with Crippen LogP contribution in [0.4, 0.5) is 22.0 Å². The molecule has 2 rings (SSSR count). The topological polar surface area (TPSA) is 9.23 Å². The van der Waals surface area contributed by atoms with Crippen molar-refractivity contribution in [1.29, 1.82) is 0 Å². The number of benzene rings is 2. The van der Waals surface area contributed by atoms with E-state index in [9.17, 15) is 22.0 Å². The first kappa shape index (κ1) is 18.1. The molecule has 0 amide bonds. The van der Waals surface area contributed by atoms with Gasteiger partial charge in [-0.05, 0) is 30.3 Å². The summed E-state index contributed by atoms with van der Waals surface area (Å²) in [6.07, 6.45) is -4.72. The van der Waals surface area contributed by atoms with E-state index in [2.05, 4.69) is 4.74 Å². The van der Waals surface area contributed by atoms with Crippen LogP contribution in [0.25, 0.3) is 11.1 Å². The molecule has 0 spiro atoms. The van der Waals surface area contributed by atoms with E-state index in [0.717, 1.165) is 12.1 Å². The second-order valence-corrected chi connectivity index (χ2v) is 5.58. The molecule has 0 atom stereocenters. The number of alkyl halides is 5. The molecule has 0 aromatic heterocycles. The third kappa shape index (κ3) is 4.19. The highest BCUT2D eigenvalue weighted by atomic mass is 35.5. The zero-order valence-electron chi connectivity index (χ0n) is 10.9. The highest BCUT2D eigenvalue weighted by Crippen LogP contribution is 2.44. The Morgan fingerprint density at radius 2 is 1.48 bits per heavy atom. The van der Waals surface area contributed by atoms with Gasteiger partial charge in [-0.3, -0.25) is 0 Å². The highest BCUT2D eigenvalue weighted by Gasteiger charge is 2.32. The molecule has 2 aromatic rings. The van der Waals surface area contributed by atoms with Gasteiger partial charge in [-0.1, -0.05) is 34.8 Å². The summed E-state index contributed by atoms with van der Waals surface area (Å²) in [5.74, 6) is -0.694. The minimum atomic E-state index is -4.72. The van der Waals surface area contributed by atoms with Gasteiger partial charge < -0.3 is 4.74 Å². The van der Waals surface area contributed by atoms with Crippen LogP contribution in [0.3, 0.4) is 0 Å². The van der Waals surface area contributed by atoms with E-state index in [-0.39, 0.29) is 26.2 Å². The fourth-order valence-electron chi connectivity index (χ4n) is 1.90. The van der Waals surface area contributed by atoms with Crippen LogP contribution in [-0.4, -0.2) is 6.61 Å². The zero-order valence-corrected chi connectivity index (χ0v) is 13.2. The number of hydrogen-bond acceptors (Lipinski definition) is 1. The summed E-state index contributed by atoms with van der Waals surface area (Å²) < 4.78 is 67.4. The Balaban J connectivity index is 2.67. The Hall–Kier alpha value is -1.24. The number of hydrogen-bond donors (Lipinski definition) is 0. The minimum Gasteiger partial charge on any atom is -0.434 e. The molecule has 0 N–H and O–H groups in total. The minimum absolute atomic E-state index is 0.0126. The van der Waals surface area contributed by atoms with Crippen LogP contribution in [0.2, 0.25) is 15.1 Å². The van der Waals surface area contributed by atoms with Crippen molar-refractivity contribution in [1.82, 2.24) is 0 Å². The summed E-state index contributed by atoms with van der Waals surface area (Å²) in [4.78, 5) is 0. The van der Waals surface area contributed by atoms with Gasteiger partial charge in [0, 0.05) is 16.1 Å². The maximum atomic E-state index is 12.7. The van der Waals surface area contributed by atoms with Crippen LogP contribution < -0.4 is 4.74 Å². The second-order valence-electron chi connectivity index (χ2n) is 4.33. The lowest BCUT2D eigenvalue weighted by molar-refractivity contribution is -0.138. The van der Waals surface area contributed by atoms with Crippen molar-refractivity contribution in [2.24, 2.45) is 0 Å². The predicted molar refractivity (Wildman–Crippen MR) is 78.5 cm³/mol. The summed E-state index contributed by atoms with van der Waals surface area (Å²) >= 11 is 17.7. The molecule has 0 fully saturated rings. The van der Waals surface area contributed by atoms with Crippen molar-refractivity contribution in [2.75, 3.05) is 0 Å². The monoisotopic (exact) mass is 390 g/mol. The summed E-state index contributed by atoms with van der Waals surface area (Å²) in [7, 11) is 0. The van der Waals surface area contributed by atoms with E-state index in [1.54, 1.807) is 0 Å². The SMILES string of the molecule is FC(F)Oc1cc(C(F)(F)F)ccc1-c1c(Cl)cc(Cl)cc1Cl. The lowest BCUT2D eigenvalue weighted by Gasteiger charge is -2.16. The Labute approximate surface area is 142 Å². The van der Waals surface area contributed by atoms with Gasteiger partial charge in [0.25, 0.3) is 0 Å². The first-order chi connectivity index (χ1) is 10.6. The van der Waals surface area contributed by atoms with Gasteiger partial charge >= 0.3 is 12.8 Å². The molecule has 9 heteroatoms. The molecule has 0 aliphatic rings. The summed E-state index contributed by atoms with van der Waals surface area (Å²) in [5.41, 5.74) is -1.20. The molecule has 0 aliphatic heterocycles. The standard InChI is InChI=1S/C14H6Cl3F5O/c15-7-4-9(16)12(10(17)5-7)8-2-1-6(14(20,21)22)3-11(8)23-13(18)19/h1-5,13H. The van der Waals surface area contributed by atoms with Crippen molar-refractivity contribution >= 4 is 34.8 Å². The van der Waals surface area contributed by atoms with Crippen LogP contribution in [0, 0.1) is 0 Å². The molecular weight excluding hydrogens is 386 g/mol. The number of rotatable bonds is 3. The normalized spacial score (nSPS) is 11.9. The lowest BCUT2D eigenvalue weighted by atomic mass is 10.0. The Morgan fingerprint density at radius 1 is 0.913 bits per heavy atom. The van der Waals surface area contributed by atoms with Crippen molar-refractivity contribution in [3.63, 3.8) is 0 Å². The molecule has 0 aliphatic carbocycles. The molecular formula is C14H6Cl3F5O. The summed E-state index contributed by atoms with van der Waals surface area (Å²) in [6, 6.07) is 4.71. The second kappa shape index (κ2) is 6.71. The van der Waals surface area contributed by atoms with E-state index in [1.165, 1.54) is 12.1 Å². The van der Waals surface area contributed by atoms with Gasteiger partial charge in [0.05, 0.1) is 15.6 Å². The molecule has 23 heavy (non-hydrogen) atoms. The van der Waals surface area contributed by atoms with E-state index in [0.29, 0.717) is 6.07 Å². The largest absolute Gasteiger partial charge is 0.434 e. The van der Waals surface area contributed by atoms with E-state index >= 15 is 0 Å². The van der Waals surface area contributed by atoms with Crippen molar-refractivity contribution < 1.29 is 26.7 Å². The molecule has 2 aromatic carbocycles. The smallest absolute Gasteiger partial charge is 0.416 e. The maximum Gasteiger partial charge on any atom is 0.416 e. The number of ether oxygens (including phenoxy) is 1.